The normalized spacial score (nSPS) is 11.7. The van der Waals surface area contributed by atoms with Crippen molar-refractivity contribution in [2.75, 3.05) is 5.32 Å². The van der Waals surface area contributed by atoms with Crippen molar-refractivity contribution >= 4 is 34.9 Å². The molecule has 0 aliphatic carbocycles. The first-order chi connectivity index (χ1) is 14.1. The van der Waals surface area contributed by atoms with E-state index in [2.05, 4.69) is 15.5 Å². The van der Waals surface area contributed by atoms with Crippen LogP contribution >= 0.6 is 23.2 Å². The number of amides is 1. The molecule has 0 radical (unpaired) electrons. The number of nitrogens with zero attached hydrogens (tertiary/aromatic N) is 4. The van der Waals surface area contributed by atoms with Crippen LogP contribution in [0.15, 0.2) is 30.3 Å². The van der Waals surface area contributed by atoms with Gasteiger partial charge in [0.25, 0.3) is 0 Å². The SMILES string of the molecule is Cc1cc(NC(=O)CCn2nc(C(F)(F)F)c(Cl)c2C)nn1Cc1ccccc1Cl. The van der Waals surface area contributed by atoms with E-state index < -0.39 is 22.8 Å². The molecule has 0 fully saturated rings. The highest BCUT2D eigenvalue weighted by Crippen LogP contribution is 2.35. The largest absolute Gasteiger partial charge is 0.436 e. The van der Waals surface area contributed by atoms with Gasteiger partial charge in [0.2, 0.25) is 5.91 Å². The second-order valence-electron chi connectivity index (χ2n) is 6.69. The Balaban J connectivity index is 1.63. The van der Waals surface area contributed by atoms with Crippen molar-refractivity contribution < 1.29 is 18.0 Å². The first kappa shape index (κ1) is 22.2. The maximum absolute atomic E-state index is 12.9. The molecule has 2 aromatic heterocycles. The number of aromatic nitrogens is 4. The molecule has 11 heteroatoms. The predicted octanol–water partition coefficient (Wildman–Crippen LogP) is 5.10. The molecule has 0 unspecified atom stereocenters. The summed E-state index contributed by atoms with van der Waals surface area (Å²) in [5.74, 6) is -0.0623. The van der Waals surface area contributed by atoms with Gasteiger partial charge in [-0.3, -0.25) is 14.2 Å². The highest BCUT2D eigenvalue weighted by molar-refractivity contribution is 6.32. The van der Waals surface area contributed by atoms with Crippen molar-refractivity contribution in [1.82, 2.24) is 19.6 Å². The van der Waals surface area contributed by atoms with Crippen molar-refractivity contribution in [1.29, 1.82) is 0 Å². The number of nitrogens with one attached hydrogen (secondary N) is 1. The first-order valence-corrected chi connectivity index (χ1v) is 9.69. The summed E-state index contributed by atoms with van der Waals surface area (Å²) in [6.07, 6.45) is -4.74. The summed E-state index contributed by atoms with van der Waals surface area (Å²) in [4.78, 5) is 12.2. The summed E-state index contributed by atoms with van der Waals surface area (Å²) in [6, 6.07) is 9.07. The van der Waals surface area contributed by atoms with Crippen molar-refractivity contribution in [2.45, 2.75) is 39.5 Å². The second kappa shape index (κ2) is 8.69. The molecule has 6 nitrogen and oxygen atoms in total. The molecule has 1 amide bonds. The van der Waals surface area contributed by atoms with Crippen LogP contribution in [0.25, 0.3) is 0 Å². The lowest BCUT2D eigenvalue weighted by atomic mass is 10.2. The number of aryl methyl sites for hydroxylation is 2. The Labute approximate surface area is 180 Å². The summed E-state index contributed by atoms with van der Waals surface area (Å²) < 4.78 is 41.4. The Hall–Kier alpha value is -2.52. The molecule has 3 aromatic rings. The van der Waals surface area contributed by atoms with E-state index in [1.165, 1.54) is 6.92 Å². The van der Waals surface area contributed by atoms with Gasteiger partial charge in [-0.2, -0.15) is 23.4 Å². The lowest BCUT2D eigenvalue weighted by Gasteiger charge is -2.06. The van der Waals surface area contributed by atoms with Gasteiger partial charge >= 0.3 is 6.18 Å². The van der Waals surface area contributed by atoms with Crippen LogP contribution in [0.1, 0.15) is 29.1 Å². The predicted molar refractivity (Wildman–Crippen MR) is 108 cm³/mol. The van der Waals surface area contributed by atoms with Crippen LogP contribution in [0.2, 0.25) is 10.0 Å². The summed E-state index contributed by atoms with van der Waals surface area (Å²) in [5, 5.41) is 10.6. The second-order valence-corrected chi connectivity index (χ2v) is 7.47. The Bertz CT molecular complexity index is 1070. The third-order valence-corrected chi connectivity index (χ3v) is 5.30. The average Bonchev–Trinajstić information content (AvgIpc) is 3.15. The fourth-order valence-electron chi connectivity index (χ4n) is 2.86. The van der Waals surface area contributed by atoms with Crippen molar-refractivity contribution in [3.8, 4) is 0 Å². The van der Waals surface area contributed by atoms with Crippen LogP contribution in [0, 0.1) is 13.8 Å². The zero-order chi connectivity index (χ0) is 22.1. The van der Waals surface area contributed by atoms with Gasteiger partial charge in [-0.15, -0.1) is 0 Å². The number of carbonyl (C=O) groups is 1. The number of alkyl halides is 3. The third-order valence-electron chi connectivity index (χ3n) is 4.48. The molecule has 0 aliphatic rings. The Morgan fingerprint density at radius 3 is 2.47 bits per heavy atom. The molecular weight excluding hydrogens is 442 g/mol. The van der Waals surface area contributed by atoms with E-state index >= 15 is 0 Å². The quantitative estimate of drug-likeness (QED) is 0.557. The molecule has 0 atom stereocenters. The Morgan fingerprint density at radius 2 is 1.83 bits per heavy atom. The third kappa shape index (κ3) is 4.96. The number of rotatable bonds is 6. The topological polar surface area (TPSA) is 64.7 Å². The van der Waals surface area contributed by atoms with Crippen LogP contribution in [-0.4, -0.2) is 25.5 Å². The number of hydrogen-bond donors (Lipinski definition) is 1. The lowest BCUT2D eigenvalue weighted by molar-refractivity contribution is -0.141. The van der Waals surface area contributed by atoms with E-state index in [1.807, 2.05) is 25.1 Å². The van der Waals surface area contributed by atoms with Gasteiger partial charge in [0.15, 0.2) is 11.5 Å². The van der Waals surface area contributed by atoms with Crippen molar-refractivity contribution in [3.05, 3.63) is 63.0 Å². The van der Waals surface area contributed by atoms with Gasteiger partial charge in [0, 0.05) is 23.2 Å². The molecule has 1 N–H and O–H groups in total. The molecular formula is C19H18Cl2F3N5O. The molecule has 0 bridgehead atoms. The minimum absolute atomic E-state index is 0.0488. The van der Waals surface area contributed by atoms with Crippen LogP contribution in [0.4, 0.5) is 19.0 Å². The van der Waals surface area contributed by atoms with Crippen LogP contribution in [-0.2, 0) is 24.1 Å². The summed E-state index contributed by atoms with van der Waals surface area (Å²) in [7, 11) is 0. The van der Waals surface area contributed by atoms with E-state index in [9.17, 15) is 18.0 Å². The molecule has 0 saturated carbocycles. The van der Waals surface area contributed by atoms with Gasteiger partial charge in [-0.1, -0.05) is 41.4 Å². The van der Waals surface area contributed by atoms with Crippen molar-refractivity contribution in [3.63, 3.8) is 0 Å². The van der Waals surface area contributed by atoms with E-state index in [0.29, 0.717) is 17.4 Å². The first-order valence-electron chi connectivity index (χ1n) is 8.94. The molecule has 30 heavy (non-hydrogen) atoms. The van der Waals surface area contributed by atoms with E-state index in [1.54, 1.807) is 16.8 Å². The summed E-state index contributed by atoms with van der Waals surface area (Å²) >= 11 is 11.9. The van der Waals surface area contributed by atoms with Crippen LogP contribution in [0.3, 0.4) is 0 Å². The van der Waals surface area contributed by atoms with Crippen LogP contribution in [0.5, 0.6) is 0 Å². The molecule has 0 aliphatic heterocycles. The number of benzene rings is 1. The maximum Gasteiger partial charge on any atom is 0.436 e. The zero-order valence-electron chi connectivity index (χ0n) is 16.1. The molecule has 0 saturated heterocycles. The van der Waals surface area contributed by atoms with Gasteiger partial charge in [-0.05, 0) is 25.5 Å². The van der Waals surface area contributed by atoms with Gasteiger partial charge in [0.05, 0.1) is 23.8 Å². The van der Waals surface area contributed by atoms with Gasteiger partial charge in [-0.25, -0.2) is 0 Å². The molecule has 160 valence electrons. The molecule has 2 heterocycles. The number of hydrogen-bond acceptors (Lipinski definition) is 3. The van der Waals surface area contributed by atoms with Gasteiger partial charge < -0.3 is 5.32 Å². The van der Waals surface area contributed by atoms with Crippen LogP contribution < -0.4 is 5.32 Å². The summed E-state index contributed by atoms with van der Waals surface area (Å²) in [6.45, 7) is 3.65. The number of carbonyl (C=O) groups excluding carboxylic acids is 1. The van der Waals surface area contributed by atoms with E-state index in [4.69, 9.17) is 23.2 Å². The van der Waals surface area contributed by atoms with Gasteiger partial charge in [0.1, 0.15) is 0 Å². The summed E-state index contributed by atoms with van der Waals surface area (Å²) in [5.41, 5.74) is 0.692. The highest BCUT2D eigenvalue weighted by Gasteiger charge is 2.38. The number of halogens is 5. The monoisotopic (exact) mass is 459 g/mol. The number of anilines is 1. The minimum Gasteiger partial charge on any atom is -0.309 e. The standard InChI is InChI=1S/C19H18Cl2F3N5O/c1-11-9-15(26-29(11)10-13-5-3-4-6-14(13)20)25-16(30)7-8-28-12(2)17(21)18(27-28)19(22,23)24/h3-6,9H,7-8,10H2,1-2H3,(H,25,26,30). The Morgan fingerprint density at radius 1 is 1.13 bits per heavy atom. The van der Waals surface area contributed by atoms with E-state index in [-0.39, 0.29) is 18.7 Å². The Kier molecular flexibility index (Phi) is 6.42. The highest BCUT2D eigenvalue weighted by atomic mass is 35.5. The minimum atomic E-state index is -4.65. The average molecular weight is 460 g/mol. The zero-order valence-corrected chi connectivity index (χ0v) is 17.6. The van der Waals surface area contributed by atoms with E-state index in [0.717, 1.165) is 15.9 Å². The smallest absolute Gasteiger partial charge is 0.309 e. The molecule has 1 aromatic carbocycles. The lowest BCUT2D eigenvalue weighted by Crippen LogP contribution is -2.16. The van der Waals surface area contributed by atoms with Crippen molar-refractivity contribution in [2.24, 2.45) is 0 Å². The molecule has 3 rings (SSSR count). The molecule has 0 spiro atoms. The maximum atomic E-state index is 12.9. The fraction of sp³-hybridized carbons (Fsp3) is 0.316. The fourth-order valence-corrected chi connectivity index (χ4v) is 3.29.